The molecule has 2 aromatic rings. The quantitative estimate of drug-likeness (QED) is 0.907. The molecule has 0 amide bonds. The highest BCUT2D eigenvalue weighted by Gasteiger charge is 2.19. The first kappa shape index (κ1) is 12.7. The zero-order valence-corrected chi connectivity index (χ0v) is 11.8. The number of piperidine rings is 1. The Morgan fingerprint density at radius 2 is 2.26 bits per heavy atom. The molecule has 1 atom stereocenters. The van der Waals surface area contributed by atoms with Crippen LogP contribution in [0.5, 0.6) is 0 Å². The Morgan fingerprint density at radius 1 is 1.37 bits per heavy atom. The Bertz CT molecular complexity index is 571. The SMILES string of the molecule is Cc1ccc(-n2cncc2C2CCCCN2)cc1Cl. The van der Waals surface area contributed by atoms with Crippen LogP contribution in [0.4, 0.5) is 0 Å². The van der Waals surface area contributed by atoms with Crippen LogP contribution in [0.1, 0.15) is 36.6 Å². The fourth-order valence-electron chi connectivity index (χ4n) is 2.61. The lowest BCUT2D eigenvalue weighted by atomic mass is 10.0. The molecule has 4 heteroatoms. The van der Waals surface area contributed by atoms with E-state index in [0.717, 1.165) is 22.8 Å². The molecule has 0 radical (unpaired) electrons. The molecule has 2 heterocycles. The van der Waals surface area contributed by atoms with E-state index in [1.165, 1.54) is 25.0 Å². The van der Waals surface area contributed by atoms with Crippen molar-refractivity contribution in [3.8, 4) is 5.69 Å². The molecule has 0 saturated carbocycles. The van der Waals surface area contributed by atoms with Crippen molar-refractivity contribution in [3.05, 3.63) is 47.0 Å². The number of hydrogen-bond donors (Lipinski definition) is 1. The average Bonchev–Trinajstić information content (AvgIpc) is 2.92. The van der Waals surface area contributed by atoms with E-state index in [4.69, 9.17) is 11.6 Å². The topological polar surface area (TPSA) is 29.9 Å². The van der Waals surface area contributed by atoms with Gasteiger partial charge in [0.1, 0.15) is 0 Å². The van der Waals surface area contributed by atoms with Gasteiger partial charge in [0, 0.05) is 16.8 Å². The molecule has 1 aliphatic rings. The number of imidazole rings is 1. The molecular formula is C15H18ClN3. The Balaban J connectivity index is 1.96. The van der Waals surface area contributed by atoms with Crippen molar-refractivity contribution in [2.45, 2.75) is 32.2 Å². The van der Waals surface area contributed by atoms with Gasteiger partial charge in [0.05, 0.1) is 18.2 Å². The van der Waals surface area contributed by atoms with Crippen LogP contribution in [0.3, 0.4) is 0 Å². The van der Waals surface area contributed by atoms with Gasteiger partial charge in [0.15, 0.2) is 0 Å². The summed E-state index contributed by atoms with van der Waals surface area (Å²) in [5.74, 6) is 0. The lowest BCUT2D eigenvalue weighted by molar-refractivity contribution is 0.402. The first-order chi connectivity index (χ1) is 9.25. The van der Waals surface area contributed by atoms with E-state index in [9.17, 15) is 0 Å². The van der Waals surface area contributed by atoms with Gasteiger partial charge in [-0.15, -0.1) is 0 Å². The smallest absolute Gasteiger partial charge is 0.0994 e. The number of hydrogen-bond acceptors (Lipinski definition) is 2. The molecule has 0 bridgehead atoms. The van der Waals surface area contributed by atoms with Crippen molar-refractivity contribution >= 4 is 11.6 Å². The number of rotatable bonds is 2. The molecule has 1 aromatic heterocycles. The molecule has 1 aliphatic heterocycles. The van der Waals surface area contributed by atoms with Gasteiger partial charge in [-0.05, 0) is 44.0 Å². The van der Waals surface area contributed by atoms with Crippen molar-refractivity contribution in [1.29, 1.82) is 0 Å². The lowest BCUT2D eigenvalue weighted by Gasteiger charge is -2.24. The zero-order valence-electron chi connectivity index (χ0n) is 11.1. The maximum Gasteiger partial charge on any atom is 0.0994 e. The molecular weight excluding hydrogens is 258 g/mol. The van der Waals surface area contributed by atoms with Crippen LogP contribution in [0.2, 0.25) is 5.02 Å². The van der Waals surface area contributed by atoms with E-state index in [2.05, 4.69) is 27.0 Å². The van der Waals surface area contributed by atoms with Crippen LogP contribution in [0.15, 0.2) is 30.7 Å². The third kappa shape index (κ3) is 2.53. The van der Waals surface area contributed by atoms with Gasteiger partial charge >= 0.3 is 0 Å². The largest absolute Gasteiger partial charge is 0.309 e. The summed E-state index contributed by atoms with van der Waals surface area (Å²) in [7, 11) is 0. The Kier molecular flexibility index (Phi) is 3.58. The van der Waals surface area contributed by atoms with E-state index >= 15 is 0 Å². The monoisotopic (exact) mass is 275 g/mol. The molecule has 1 fully saturated rings. The van der Waals surface area contributed by atoms with Crippen molar-refractivity contribution in [2.24, 2.45) is 0 Å². The standard InChI is InChI=1S/C15H18ClN3/c1-11-5-6-12(8-13(11)16)19-10-17-9-15(19)14-4-2-3-7-18-14/h5-6,8-10,14,18H,2-4,7H2,1H3. The van der Waals surface area contributed by atoms with Crippen LogP contribution in [-0.2, 0) is 0 Å². The van der Waals surface area contributed by atoms with E-state index in [1.807, 2.05) is 25.5 Å². The van der Waals surface area contributed by atoms with Crippen molar-refractivity contribution in [1.82, 2.24) is 14.9 Å². The van der Waals surface area contributed by atoms with Gasteiger partial charge in [-0.25, -0.2) is 4.98 Å². The van der Waals surface area contributed by atoms with Gasteiger partial charge in [0.2, 0.25) is 0 Å². The van der Waals surface area contributed by atoms with Gasteiger partial charge in [-0.3, -0.25) is 0 Å². The summed E-state index contributed by atoms with van der Waals surface area (Å²) < 4.78 is 2.13. The van der Waals surface area contributed by atoms with Crippen molar-refractivity contribution in [2.75, 3.05) is 6.54 Å². The fourth-order valence-corrected chi connectivity index (χ4v) is 2.79. The van der Waals surface area contributed by atoms with Crippen molar-refractivity contribution < 1.29 is 0 Å². The summed E-state index contributed by atoms with van der Waals surface area (Å²) in [5, 5.41) is 4.36. The van der Waals surface area contributed by atoms with Crippen LogP contribution in [0.25, 0.3) is 5.69 Å². The number of aryl methyl sites for hydroxylation is 1. The fraction of sp³-hybridized carbons (Fsp3) is 0.400. The van der Waals surface area contributed by atoms with E-state index < -0.39 is 0 Å². The maximum absolute atomic E-state index is 6.22. The third-order valence-corrected chi connectivity index (χ3v) is 4.18. The summed E-state index contributed by atoms with van der Waals surface area (Å²) in [5.41, 5.74) is 3.40. The Morgan fingerprint density at radius 3 is 3.00 bits per heavy atom. The molecule has 0 spiro atoms. The van der Waals surface area contributed by atoms with Gasteiger partial charge < -0.3 is 9.88 Å². The predicted molar refractivity (Wildman–Crippen MR) is 77.9 cm³/mol. The molecule has 19 heavy (non-hydrogen) atoms. The number of nitrogens with zero attached hydrogens (tertiary/aromatic N) is 2. The van der Waals surface area contributed by atoms with Gasteiger partial charge in [-0.2, -0.15) is 0 Å². The van der Waals surface area contributed by atoms with E-state index in [0.29, 0.717) is 6.04 Å². The van der Waals surface area contributed by atoms with E-state index in [-0.39, 0.29) is 0 Å². The second kappa shape index (κ2) is 5.35. The molecule has 1 saturated heterocycles. The number of benzene rings is 1. The molecule has 3 nitrogen and oxygen atoms in total. The van der Waals surface area contributed by atoms with Crippen LogP contribution in [0, 0.1) is 6.92 Å². The lowest BCUT2D eigenvalue weighted by Crippen LogP contribution is -2.28. The minimum absolute atomic E-state index is 0.399. The molecule has 1 aromatic carbocycles. The maximum atomic E-state index is 6.22. The highest BCUT2D eigenvalue weighted by molar-refractivity contribution is 6.31. The molecule has 100 valence electrons. The van der Waals surface area contributed by atoms with Crippen molar-refractivity contribution in [3.63, 3.8) is 0 Å². The number of nitrogens with one attached hydrogen (secondary N) is 1. The van der Waals surface area contributed by atoms with Gasteiger partial charge in [0.25, 0.3) is 0 Å². The second-order valence-electron chi connectivity index (χ2n) is 5.12. The van der Waals surface area contributed by atoms with E-state index in [1.54, 1.807) is 0 Å². The highest BCUT2D eigenvalue weighted by atomic mass is 35.5. The predicted octanol–water partition coefficient (Wildman–Crippen LogP) is 3.65. The van der Waals surface area contributed by atoms with Crippen LogP contribution < -0.4 is 5.32 Å². The van der Waals surface area contributed by atoms with Crippen LogP contribution >= 0.6 is 11.6 Å². The summed E-state index contributed by atoms with van der Waals surface area (Å²) in [6, 6.07) is 6.55. The first-order valence-electron chi connectivity index (χ1n) is 6.78. The van der Waals surface area contributed by atoms with Gasteiger partial charge in [-0.1, -0.05) is 24.1 Å². The number of halogens is 1. The molecule has 3 rings (SSSR count). The summed E-state index contributed by atoms with van der Waals surface area (Å²) >= 11 is 6.22. The Hall–Kier alpha value is -1.32. The summed E-state index contributed by atoms with van der Waals surface area (Å²) in [6.07, 6.45) is 7.53. The second-order valence-corrected chi connectivity index (χ2v) is 5.53. The third-order valence-electron chi connectivity index (χ3n) is 3.77. The minimum Gasteiger partial charge on any atom is -0.309 e. The first-order valence-corrected chi connectivity index (χ1v) is 7.15. The summed E-state index contributed by atoms with van der Waals surface area (Å²) in [6.45, 7) is 3.11. The molecule has 1 N–H and O–H groups in total. The minimum atomic E-state index is 0.399. The molecule has 0 aliphatic carbocycles. The normalized spacial score (nSPS) is 19.6. The van der Waals surface area contributed by atoms with Crippen LogP contribution in [-0.4, -0.2) is 16.1 Å². The average molecular weight is 276 g/mol. The summed E-state index contributed by atoms with van der Waals surface area (Å²) in [4.78, 5) is 4.31. The zero-order chi connectivity index (χ0) is 13.2. The Labute approximate surface area is 118 Å². The molecule has 1 unspecified atom stereocenters. The number of aromatic nitrogens is 2. The highest BCUT2D eigenvalue weighted by Crippen LogP contribution is 2.26.